The number of fused-ring (bicyclic) bond motifs is 1. The van der Waals surface area contributed by atoms with Gasteiger partial charge in [0.2, 0.25) is 5.91 Å². The summed E-state index contributed by atoms with van der Waals surface area (Å²) >= 11 is 0. The molecule has 0 N–H and O–H groups in total. The van der Waals surface area contributed by atoms with Gasteiger partial charge in [0.1, 0.15) is 0 Å². The summed E-state index contributed by atoms with van der Waals surface area (Å²) in [5.74, 6) is 0.173. The summed E-state index contributed by atoms with van der Waals surface area (Å²) in [5, 5.41) is 0. The molecule has 2 fully saturated rings. The molecular weight excluding hydrogens is 170 g/mol. The van der Waals surface area contributed by atoms with Crippen molar-refractivity contribution in [3.05, 3.63) is 0 Å². The van der Waals surface area contributed by atoms with Crippen LogP contribution in [0.2, 0.25) is 0 Å². The fraction of sp³-hybridized carbons (Fsp3) is 0.889. The number of carbonyl (C=O) groups excluding carboxylic acids is 1. The van der Waals surface area contributed by atoms with Crippen LogP contribution in [0.4, 0.5) is 0 Å². The van der Waals surface area contributed by atoms with Gasteiger partial charge in [-0.1, -0.05) is 0 Å². The highest BCUT2D eigenvalue weighted by Gasteiger charge is 2.33. The van der Waals surface area contributed by atoms with Crippen LogP contribution < -0.4 is 0 Å². The third-order valence-corrected chi connectivity index (χ3v) is 2.78. The quantitative estimate of drug-likeness (QED) is 0.592. The normalized spacial score (nSPS) is 34.5. The van der Waals surface area contributed by atoms with Crippen molar-refractivity contribution in [1.82, 2.24) is 4.90 Å². The van der Waals surface area contributed by atoms with Crippen molar-refractivity contribution in [3.8, 4) is 0 Å². The van der Waals surface area contributed by atoms with Crippen LogP contribution in [-0.4, -0.2) is 43.4 Å². The molecule has 4 heteroatoms. The molecule has 13 heavy (non-hydrogen) atoms. The molecule has 4 nitrogen and oxygen atoms in total. The molecule has 2 rings (SSSR count). The molecule has 2 saturated heterocycles. The van der Waals surface area contributed by atoms with E-state index in [0.717, 1.165) is 19.4 Å². The molecule has 0 aromatic carbocycles. The number of hydrogen-bond donors (Lipinski definition) is 0. The Morgan fingerprint density at radius 1 is 1.62 bits per heavy atom. The van der Waals surface area contributed by atoms with E-state index in [-0.39, 0.29) is 12.2 Å². The Morgan fingerprint density at radius 3 is 3.23 bits per heavy atom. The average molecular weight is 185 g/mol. The molecule has 0 radical (unpaired) electrons. The Morgan fingerprint density at radius 2 is 2.46 bits per heavy atom. The second kappa shape index (κ2) is 3.64. The van der Waals surface area contributed by atoms with E-state index in [0.29, 0.717) is 19.1 Å². The summed E-state index contributed by atoms with van der Waals surface area (Å²) in [6.45, 7) is 1.52. The van der Waals surface area contributed by atoms with Crippen LogP contribution >= 0.6 is 0 Å². The molecule has 0 spiro atoms. The van der Waals surface area contributed by atoms with Crippen molar-refractivity contribution in [3.63, 3.8) is 0 Å². The lowest BCUT2D eigenvalue weighted by Gasteiger charge is -2.20. The minimum Gasteiger partial charge on any atom is -0.355 e. The molecule has 2 heterocycles. The Bertz CT molecular complexity index is 207. The van der Waals surface area contributed by atoms with Crippen LogP contribution in [0, 0.1) is 0 Å². The fourth-order valence-electron chi connectivity index (χ4n) is 2.03. The molecule has 0 aromatic rings. The lowest BCUT2D eigenvalue weighted by molar-refractivity contribution is -0.142. The zero-order chi connectivity index (χ0) is 9.26. The number of rotatable bonds is 1. The Labute approximate surface area is 77.8 Å². The highest BCUT2D eigenvalue weighted by atomic mass is 16.7. The number of ether oxygens (including phenoxy) is 2. The first-order valence-corrected chi connectivity index (χ1v) is 4.75. The van der Waals surface area contributed by atoms with Gasteiger partial charge in [0.25, 0.3) is 0 Å². The van der Waals surface area contributed by atoms with Crippen molar-refractivity contribution in [2.75, 3.05) is 20.3 Å². The van der Waals surface area contributed by atoms with Crippen LogP contribution in [0.25, 0.3) is 0 Å². The third-order valence-electron chi connectivity index (χ3n) is 2.78. The van der Waals surface area contributed by atoms with Gasteiger partial charge in [0.15, 0.2) is 6.29 Å². The predicted octanol–water partition coefficient (Wildman–Crippen LogP) is 0.370. The van der Waals surface area contributed by atoms with Crippen molar-refractivity contribution >= 4 is 5.91 Å². The van der Waals surface area contributed by atoms with Gasteiger partial charge in [-0.15, -0.1) is 0 Å². The highest BCUT2D eigenvalue weighted by molar-refractivity contribution is 5.77. The number of carbonyl (C=O) groups is 1. The van der Waals surface area contributed by atoms with Crippen molar-refractivity contribution in [2.24, 2.45) is 0 Å². The van der Waals surface area contributed by atoms with E-state index in [9.17, 15) is 4.79 Å². The molecular formula is C9H15NO3. The smallest absolute Gasteiger partial charge is 0.228 e. The molecule has 0 bridgehead atoms. The minimum atomic E-state index is -0.335. The van der Waals surface area contributed by atoms with Crippen LogP contribution in [0.5, 0.6) is 0 Å². The standard InChI is InChI=1S/C9H15NO3/c1-12-9-5-8(11)10-4-2-3-7(10)6-13-9/h7,9H,2-6H2,1H3/t7-,9+/m0/s1. The zero-order valence-corrected chi connectivity index (χ0v) is 7.86. The molecule has 74 valence electrons. The number of methoxy groups -OCH3 is 1. The molecule has 2 aliphatic rings. The topological polar surface area (TPSA) is 38.8 Å². The number of nitrogens with zero attached hydrogens (tertiary/aromatic N) is 1. The van der Waals surface area contributed by atoms with Crippen LogP contribution in [0.1, 0.15) is 19.3 Å². The van der Waals surface area contributed by atoms with E-state index >= 15 is 0 Å². The van der Waals surface area contributed by atoms with Crippen LogP contribution in [0.15, 0.2) is 0 Å². The molecule has 2 aliphatic heterocycles. The Balaban J connectivity index is 2.04. The Hall–Kier alpha value is -0.610. The summed E-state index contributed by atoms with van der Waals surface area (Å²) in [5.41, 5.74) is 0. The van der Waals surface area contributed by atoms with Gasteiger partial charge in [-0.3, -0.25) is 4.79 Å². The van der Waals surface area contributed by atoms with E-state index < -0.39 is 0 Å². The van der Waals surface area contributed by atoms with E-state index in [1.54, 1.807) is 7.11 Å². The zero-order valence-electron chi connectivity index (χ0n) is 7.86. The first-order chi connectivity index (χ1) is 6.31. The molecule has 0 aromatic heterocycles. The summed E-state index contributed by atoms with van der Waals surface area (Å²) in [4.78, 5) is 13.6. The van der Waals surface area contributed by atoms with Gasteiger partial charge in [0.05, 0.1) is 19.1 Å². The largest absolute Gasteiger partial charge is 0.355 e. The third kappa shape index (κ3) is 1.69. The second-order valence-electron chi connectivity index (χ2n) is 3.59. The van der Waals surface area contributed by atoms with E-state index in [2.05, 4.69) is 0 Å². The summed E-state index contributed by atoms with van der Waals surface area (Å²) in [6, 6.07) is 0.299. The van der Waals surface area contributed by atoms with E-state index in [1.165, 1.54) is 0 Å². The molecule has 1 amide bonds. The maximum absolute atomic E-state index is 11.6. The highest BCUT2D eigenvalue weighted by Crippen LogP contribution is 2.23. The summed E-state index contributed by atoms with van der Waals surface area (Å²) in [6.07, 6.45) is 2.21. The van der Waals surface area contributed by atoms with Gasteiger partial charge in [-0.25, -0.2) is 0 Å². The summed E-state index contributed by atoms with van der Waals surface area (Å²) < 4.78 is 10.5. The van der Waals surface area contributed by atoms with Crippen LogP contribution in [0.3, 0.4) is 0 Å². The van der Waals surface area contributed by atoms with Gasteiger partial charge in [-0.2, -0.15) is 0 Å². The molecule has 0 unspecified atom stereocenters. The summed E-state index contributed by atoms with van der Waals surface area (Å²) in [7, 11) is 1.58. The maximum Gasteiger partial charge on any atom is 0.228 e. The first-order valence-electron chi connectivity index (χ1n) is 4.75. The fourth-order valence-corrected chi connectivity index (χ4v) is 2.03. The minimum absolute atomic E-state index is 0.173. The van der Waals surface area contributed by atoms with Gasteiger partial charge in [0, 0.05) is 13.7 Å². The maximum atomic E-state index is 11.6. The van der Waals surface area contributed by atoms with Gasteiger partial charge < -0.3 is 14.4 Å². The van der Waals surface area contributed by atoms with Crippen molar-refractivity contribution < 1.29 is 14.3 Å². The first kappa shape index (κ1) is 8.97. The van der Waals surface area contributed by atoms with E-state index in [1.807, 2.05) is 4.90 Å². The lowest BCUT2D eigenvalue weighted by Crippen LogP contribution is -2.35. The molecule has 0 saturated carbocycles. The van der Waals surface area contributed by atoms with Gasteiger partial charge >= 0.3 is 0 Å². The monoisotopic (exact) mass is 185 g/mol. The predicted molar refractivity (Wildman–Crippen MR) is 46.1 cm³/mol. The molecule has 0 aliphatic carbocycles. The van der Waals surface area contributed by atoms with Gasteiger partial charge in [-0.05, 0) is 12.8 Å². The number of hydrogen-bond acceptors (Lipinski definition) is 3. The average Bonchev–Trinajstić information content (AvgIpc) is 2.54. The van der Waals surface area contributed by atoms with Crippen LogP contribution in [-0.2, 0) is 14.3 Å². The SMILES string of the molecule is CO[C@H]1CC(=O)N2CCC[C@H]2CO1. The Kier molecular flexibility index (Phi) is 2.51. The second-order valence-corrected chi connectivity index (χ2v) is 3.59. The van der Waals surface area contributed by atoms with Crippen molar-refractivity contribution in [2.45, 2.75) is 31.6 Å². The number of amides is 1. The molecule has 2 atom stereocenters. The lowest BCUT2D eigenvalue weighted by atomic mass is 10.2. The van der Waals surface area contributed by atoms with Crippen molar-refractivity contribution in [1.29, 1.82) is 0 Å². The van der Waals surface area contributed by atoms with E-state index in [4.69, 9.17) is 9.47 Å².